The fourth-order valence-electron chi connectivity index (χ4n) is 1.09. The van der Waals surface area contributed by atoms with Gasteiger partial charge in [0.05, 0.1) is 16.4 Å². The fourth-order valence-corrected chi connectivity index (χ4v) is 1.41. The Kier molecular flexibility index (Phi) is 2.61. The van der Waals surface area contributed by atoms with Crippen LogP contribution in [0.15, 0.2) is 0 Å². The molecule has 0 spiro atoms. The molecule has 0 fully saturated rings. The molecule has 2 nitrogen and oxygen atoms in total. The van der Waals surface area contributed by atoms with Crippen molar-refractivity contribution in [2.45, 2.75) is 13.3 Å². The molecule has 0 aromatic heterocycles. The van der Waals surface area contributed by atoms with Crippen molar-refractivity contribution in [3.05, 3.63) is 22.2 Å². The van der Waals surface area contributed by atoms with Crippen molar-refractivity contribution >= 4 is 23.0 Å². The number of rotatable bonds is 1. The van der Waals surface area contributed by atoms with Crippen LogP contribution >= 0.6 is 11.6 Å². The Hall–Kier alpha value is -1.03. The quantitative estimate of drug-likeness (QED) is 0.548. The summed E-state index contributed by atoms with van der Waals surface area (Å²) in [6.45, 7) is 1.73. The third-order valence-electron chi connectivity index (χ3n) is 1.85. The van der Waals surface area contributed by atoms with Crippen LogP contribution in [0, 0.1) is 11.6 Å². The van der Waals surface area contributed by atoms with Crippen LogP contribution in [0.4, 0.5) is 20.2 Å². The smallest absolute Gasteiger partial charge is 0.185 e. The van der Waals surface area contributed by atoms with Gasteiger partial charge in [-0.25, -0.2) is 8.78 Å². The standard InChI is InChI=1S/C8H9ClF2N2/c1-2-3-4(9)8(13)6(11)5(10)7(3)12/h2,12-13H2,1H3. The topological polar surface area (TPSA) is 52.0 Å². The number of hydrogen-bond acceptors (Lipinski definition) is 2. The lowest BCUT2D eigenvalue weighted by Gasteiger charge is -2.10. The van der Waals surface area contributed by atoms with Gasteiger partial charge in [0, 0.05) is 0 Å². The van der Waals surface area contributed by atoms with Crippen LogP contribution in [0.5, 0.6) is 0 Å². The van der Waals surface area contributed by atoms with Crippen molar-refractivity contribution in [2.24, 2.45) is 0 Å². The third kappa shape index (κ3) is 1.42. The lowest BCUT2D eigenvalue weighted by Crippen LogP contribution is -2.05. The van der Waals surface area contributed by atoms with Crippen molar-refractivity contribution in [1.29, 1.82) is 0 Å². The van der Waals surface area contributed by atoms with Crippen LogP contribution in [0.2, 0.25) is 5.02 Å². The lowest BCUT2D eigenvalue weighted by molar-refractivity contribution is 0.514. The number of hydrogen-bond donors (Lipinski definition) is 2. The van der Waals surface area contributed by atoms with E-state index in [0.717, 1.165) is 0 Å². The second-order valence-corrected chi connectivity index (χ2v) is 2.98. The molecule has 0 aliphatic carbocycles. The summed E-state index contributed by atoms with van der Waals surface area (Å²) >= 11 is 5.66. The minimum absolute atomic E-state index is 0.00102. The first-order valence-electron chi connectivity index (χ1n) is 3.70. The van der Waals surface area contributed by atoms with E-state index in [2.05, 4.69) is 0 Å². The molecule has 0 saturated heterocycles. The normalized spacial score (nSPS) is 10.5. The Morgan fingerprint density at radius 1 is 1.15 bits per heavy atom. The van der Waals surface area contributed by atoms with Gasteiger partial charge in [-0.05, 0) is 12.0 Å². The Bertz CT molecular complexity index is 323. The molecule has 1 aromatic carbocycles. The highest BCUT2D eigenvalue weighted by Crippen LogP contribution is 2.33. The first-order valence-corrected chi connectivity index (χ1v) is 4.08. The van der Waals surface area contributed by atoms with Gasteiger partial charge in [0.25, 0.3) is 0 Å². The molecule has 0 saturated carbocycles. The van der Waals surface area contributed by atoms with E-state index in [-0.39, 0.29) is 16.4 Å². The zero-order chi connectivity index (χ0) is 10.2. The highest BCUT2D eigenvalue weighted by atomic mass is 35.5. The lowest BCUT2D eigenvalue weighted by atomic mass is 10.1. The van der Waals surface area contributed by atoms with Gasteiger partial charge in [-0.2, -0.15) is 0 Å². The maximum atomic E-state index is 13.0. The molecule has 1 aromatic rings. The molecule has 1 rings (SSSR count). The maximum absolute atomic E-state index is 13.0. The van der Waals surface area contributed by atoms with Crippen LogP contribution in [0.25, 0.3) is 0 Å². The van der Waals surface area contributed by atoms with Crippen molar-refractivity contribution in [1.82, 2.24) is 0 Å². The zero-order valence-electron chi connectivity index (χ0n) is 7.00. The number of benzene rings is 1. The van der Waals surface area contributed by atoms with E-state index in [1.807, 2.05) is 0 Å². The average molecular weight is 207 g/mol. The van der Waals surface area contributed by atoms with Crippen LogP contribution < -0.4 is 11.5 Å². The van der Waals surface area contributed by atoms with E-state index >= 15 is 0 Å². The maximum Gasteiger partial charge on any atom is 0.185 e. The van der Waals surface area contributed by atoms with Crippen molar-refractivity contribution in [3.8, 4) is 0 Å². The summed E-state index contributed by atoms with van der Waals surface area (Å²) < 4.78 is 25.9. The van der Waals surface area contributed by atoms with Gasteiger partial charge in [0.1, 0.15) is 0 Å². The first kappa shape index (κ1) is 10.1. The van der Waals surface area contributed by atoms with E-state index < -0.39 is 11.6 Å². The Morgan fingerprint density at radius 2 is 1.62 bits per heavy atom. The van der Waals surface area contributed by atoms with Gasteiger partial charge in [0.2, 0.25) is 0 Å². The van der Waals surface area contributed by atoms with E-state index in [0.29, 0.717) is 12.0 Å². The summed E-state index contributed by atoms with van der Waals surface area (Å²) in [5.41, 5.74) is 10.2. The second kappa shape index (κ2) is 3.38. The molecule has 72 valence electrons. The van der Waals surface area contributed by atoms with Gasteiger partial charge in [-0.3, -0.25) is 0 Å². The minimum Gasteiger partial charge on any atom is -0.396 e. The van der Waals surface area contributed by atoms with E-state index in [4.69, 9.17) is 23.1 Å². The minimum atomic E-state index is -1.18. The third-order valence-corrected chi connectivity index (χ3v) is 2.28. The van der Waals surface area contributed by atoms with E-state index in [1.54, 1.807) is 6.92 Å². The average Bonchev–Trinajstić information content (AvgIpc) is 2.13. The molecule has 0 atom stereocenters. The SMILES string of the molecule is CCc1c(N)c(F)c(F)c(N)c1Cl. The molecule has 0 amide bonds. The van der Waals surface area contributed by atoms with Crippen molar-refractivity contribution in [2.75, 3.05) is 11.5 Å². The van der Waals surface area contributed by atoms with Crippen LogP contribution in [-0.2, 0) is 6.42 Å². The summed E-state index contributed by atoms with van der Waals surface area (Å²) in [5.74, 6) is -2.31. The fraction of sp³-hybridized carbons (Fsp3) is 0.250. The summed E-state index contributed by atoms with van der Waals surface area (Å²) in [6.07, 6.45) is 0.409. The Labute approximate surface area is 79.5 Å². The molecule has 0 aliphatic heterocycles. The molecule has 0 radical (unpaired) electrons. The van der Waals surface area contributed by atoms with Crippen LogP contribution in [-0.4, -0.2) is 0 Å². The summed E-state index contributed by atoms with van der Waals surface area (Å²) in [6, 6.07) is 0. The van der Waals surface area contributed by atoms with Crippen molar-refractivity contribution in [3.63, 3.8) is 0 Å². The monoisotopic (exact) mass is 206 g/mol. The van der Waals surface area contributed by atoms with Gasteiger partial charge < -0.3 is 11.5 Å². The summed E-state index contributed by atoms with van der Waals surface area (Å²) in [5, 5.41) is -0.00102. The van der Waals surface area contributed by atoms with E-state index in [1.165, 1.54) is 0 Å². The first-order chi connectivity index (χ1) is 6.00. The van der Waals surface area contributed by atoms with Gasteiger partial charge in [-0.1, -0.05) is 18.5 Å². The summed E-state index contributed by atoms with van der Waals surface area (Å²) in [4.78, 5) is 0. The number of anilines is 2. The summed E-state index contributed by atoms with van der Waals surface area (Å²) in [7, 11) is 0. The number of halogens is 3. The highest BCUT2D eigenvalue weighted by Gasteiger charge is 2.18. The predicted octanol–water partition coefficient (Wildman–Crippen LogP) is 2.35. The molecule has 13 heavy (non-hydrogen) atoms. The largest absolute Gasteiger partial charge is 0.396 e. The molecular formula is C8H9ClF2N2. The Balaban J connectivity index is 3.56. The van der Waals surface area contributed by atoms with Gasteiger partial charge in [-0.15, -0.1) is 0 Å². The molecule has 4 N–H and O–H groups in total. The van der Waals surface area contributed by atoms with E-state index in [9.17, 15) is 8.78 Å². The molecule has 0 bridgehead atoms. The predicted molar refractivity (Wildman–Crippen MR) is 49.6 cm³/mol. The highest BCUT2D eigenvalue weighted by molar-refractivity contribution is 6.34. The molecular weight excluding hydrogens is 198 g/mol. The van der Waals surface area contributed by atoms with Crippen LogP contribution in [0.3, 0.4) is 0 Å². The van der Waals surface area contributed by atoms with Crippen molar-refractivity contribution < 1.29 is 8.78 Å². The molecule has 0 aliphatic rings. The molecule has 5 heteroatoms. The zero-order valence-corrected chi connectivity index (χ0v) is 7.75. The molecule has 0 heterocycles. The molecule has 0 unspecified atom stereocenters. The second-order valence-electron chi connectivity index (χ2n) is 2.60. The van der Waals surface area contributed by atoms with Gasteiger partial charge in [0.15, 0.2) is 11.6 Å². The van der Waals surface area contributed by atoms with Crippen LogP contribution in [0.1, 0.15) is 12.5 Å². The Morgan fingerprint density at radius 3 is 2.08 bits per heavy atom. The number of nitrogen functional groups attached to an aromatic ring is 2. The number of nitrogens with two attached hydrogens (primary N) is 2. The van der Waals surface area contributed by atoms with Gasteiger partial charge >= 0.3 is 0 Å².